The smallest absolute Gasteiger partial charge is 0.226 e. The van der Waals surface area contributed by atoms with Gasteiger partial charge in [-0.2, -0.15) is 0 Å². The Labute approximate surface area is 119 Å². The first-order valence-corrected chi connectivity index (χ1v) is 8.20. The van der Waals surface area contributed by atoms with E-state index in [2.05, 4.69) is 22.0 Å². The number of anilines is 1. The number of thiazole rings is 1. The average Bonchev–Trinajstić information content (AvgIpc) is 3.07. The summed E-state index contributed by atoms with van der Waals surface area (Å²) in [5.74, 6) is -0.337. The van der Waals surface area contributed by atoms with Crippen LogP contribution in [0, 0.1) is 0 Å². The Balaban J connectivity index is 1.94. The number of carbonyl (C=O) groups excluding carboxylic acids is 1. The summed E-state index contributed by atoms with van der Waals surface area (Å²) in [5, 5.41) is 9.99. The summed E-state index contributed by atoms with van der Waals surface area (Å²) in [4.78, 5) is 15.7. The third-order valence-electron chi connectivity index (χ3n) is 2.34. The van der Waals surface area contributed by atoms with E-state index in [0.29, 0.717) is 10.9 Å². The van der Waals surface area contributed by atoms with Crippen molar-refractivity contribution in [2.75, 3.05) is 11.1 Å². The van der Waals surface area contributed by atoms with Gasteiger partial charge in [0.05, 0.1) is 5.75 Å². The van der Waals surface area contributed by atoms with Gasteiger partial charge in [-0.3, -0.25) is 4.79 Å². The molecule has 1 amide bonds. The van der Waals surface area contributed by atoms with Crippen LogP contribution in [0.25, 0.3) is 5.13 Å². The number of amides is 1. The molecule has 7 nitrogen and oxygen atoms in total. The first-order chi connectivity index (χ1) is 9.50. The number of rotatable bonds is 6. The molecule has 0 saturated heterocycles. The molecule has 0 aliphatic carbocycles. The molecular formula is C11H12N4O3S2. The highest BCUT2D eigenvalue weighted by Crippen LogP contribution is 2.12. The van der Waals surface area contributed by atoms with E-state index in [0.717, 1.165) is 5.41 Å². The second kappa shape index (κ2) is 5.97. The maximum Gasteiger partial charge on any atom is 0.226 e. The van der Waals surface area contributed by atoms with E-state index in [4.69, 9.17) is 0 Å². The molecule has 0 aliphatic heterocycles. The summed E-state index contributed by atoms with van der Waals surface area (Å²) in [6, 6.07) is 1.61. The molecule has 2 heterocycles. The number of nitrogens with one attached hydrogen (secondary N) is 1. The zero-order chi connectivity index (χ0) is 14.6. The van der Waals surface area contributed by atoms with Crippen LogP contribution in [0.15, 0.2) is 35.8 Å². The molecule has 1 N–H and O–H groups in total. The Kier molecular flexibility index (Phi) is 4.30. The first-order valence-electron chi connectivity index (χ1n) is 5.61. The van der Waals surface area contributed by atoms with Gasteiger partial charge in [0.25, 0.3) is 0 Å². The van der Waals surface area contributed by atoms with Crippen LogP contribution >= 0.6 is 11.3 Å². The van der Waals surface area contributed by atoms with E-state index in [1.165, 1.54) is 16.0 Å². The number of hydrogen-bond donors (Lipinski definition) is 1. The van der Waals surface area contributed by atoms with Crippen molar-refractivity contribution in [3.8, 4) is 5.13 Å². The molecule has 106 valence electrons. The third kappa shape index (κ3) is 3.75. The second-order valence-corrected chi connectivity index (χ2v) is 6.73. The predicted octanol–water partition coefficient (Wildman–Crippen LogP) is 1.22. The topological polar surface area (TPSA) is 94.0 Å². The van der Waals surface area contributed by atoms with Gasteiger partial charge in [-0.05, 0) is 0 Å². The van der Waals surface area contributed by atoms with E-state index in [9.17, 15) is 13.2 Å². The summed E-state index contributed by atoms with van der Waals surface area (Å²) in [5.41, 5.74) is 0. The first kappa shape index (κ1) is 14.4. The molecule has 9 heteroatoms. The third-order valence-corrected chi connectivity index (χ3v) is 4.38. The van der Waals surface area contributed by atoms with E-state index < -0.39 is 15.7 Å². The van der Waals surface area contributed by atoms with Gasteiger partial charge in [0.2, 0.25) is 11.0 Å². The molecule has 0 bridgehead atoms. The minimum Gasteiger partial charge on any atom is -0.309 e. The van der Waals surface area contributed by atoms with Crippen LogP contribution in [-0.4, -0.2) is 34.8 Å². The highest BCUT2D eigenvalue weighted by atomic mass is 32.2. The Bertz CT molecular complexity index is 704. The highest BCUT2D eigenvalue weighted by molar-refractivity contribution is 7.94. The lowest BCUT2D eigenvalue weighted by Crippen LogP contribution is -2.16. The van der Waals surface area contributed by atoms with E-state index in [1.54, 1.807) is 18.5 Å². The fourth-order valence-corrected chi connectivity index (χ4v) is 2.56. The minimum atomic E-state index is -3.37. The average molecular weight is 312 g/mol. The van der Waals surface area contributed by atoms with Gasteiger partial charge in [-0.1, -0.05) is 6.58 Å². The maximum atomic E-state index is 11.6. The van der Waals surface area contributed by atoms with Crippen molar-refractivity contribution < 1.29 is 13.2 Å². The molecular weight excluding hydrogens is 300 g/mol. The Morgan fingerprint density at radius 3 is 3.00 bits per heavy atom. The molecule has 20 heavy (non-hydrogen) atoms. The van der Waals surface area contributed by atoms with Gasteiger partial charge in [0.1, 0.15) is 0 Å². The van der Waals surface area contributed by atoms with Gasteiger partial charge in [-0.15, -0.1) is 16.4 Å². The maximum absolute atomic E-state index is 11.6. The molecule has 0 saturated carbocycles. The van der Waals surface area contributed by atoms with E-state index >= 15 is 0 Å². The lowest BCUT2D eigenvalue weighted by molar-refractivity contribution is -0.115. The van der Waals surface area contributed by atoms with Gasteiger partial charge in [-0.25, -0.2) is 18.1 Å². The molecule has 0 radical (unpaired) electrons. The predicted molar refractivity (Wildman–Crippen MR) is 76.5 cm³/mol. The quantitative estimate of drug-likeness (QED) is 0.865. The zero-order valence-corrected chi connectivity index (χ0v) is 12.0. The van der Waals surface area contributed by atoms with Crippen molar-refractivity contribution >= 4 is 32.9 Å². The molecule has 0 atom stereocenters. The van der Waals surface area contributed by atoms with Crippen LogP contribution in [0.3, 0.4) is 0 Å². The van der Waals surface area contributed by atoms with E-state index in [1.807, 2.05) is 5.38 Å². The van der Waals surface area contributed by atoms with Crippen molar-refractivity contribution in [3.05, 3.63) is 35.8 Å². The number of hydrogen-bond acceptors (Lipinski definition) is 6. The summed E-state index contributed by atoms with van der Waals surface area (Å²) < 4.78 is 23.9. The van der Waals surface area contributed by atoms with Gasteiger partial charge >= 0.3 is 0 Å². The van der Waals surface area contributed by atoms with E-state index in [-0.39, 0.29) is 12.2 Å². The normalized spacial score (nSPS) is 11.2. The van der Waals surface area contributed by atoms with Crippen LogP contribution in [-0.2, 0) is 14.6 Å². The summed E-state index contributed by atoms with van der Waals surface area (Å²) in [6.45, 7) is 3.18. The number of aromatic nitrogens is 3. The minimum absolute atomic E-state index is 0.140. The summed E-state index contributed by atoms with van der Waals surface area (Å²) in [6.07, 6.45) is 3.17. The molecule has 2 aromatic rings. The lowest BCUT2D eigenvalue weighted by atomic mass is 10.4. The summed E-state index contributed by atoms with van der Waals surface area (Å²) >= 11 is 1.41. The fraction of sp³-hybridized carbons (Fsp3) is 0.182. The van der Waals surface area contributed by atoms with Crippen LogP contribution in [0.4, 0.5) is 5.82 Å². The standard InChI is InChI=1S/C11H12N4O3S2/c1-2-20(17,18)8-4-10(16)13-9-3-6-15(14-9)11-12-5-7-19-11/h2-3,5-7H,1,4,8H2,(H,13,14,16). The molecule has 0 fully saturated rings. The fourth-order valence-electron chi connectivity index (χ4n) is 1.35. The monoisotopic (exact) mass is 312 g/mol. The SMILES string of the molecule is C=CS(=O)(=O)CCC(=O)Nc1ccn(-c2nccs2)n1. The van der Waals surface area contributed by atoms with Gasteiger partial charge < -0.3 is 5.32 Å². The highest BCUT2D eigenvalue weighted by Gasteiger charge is 2.11. The van der Waals surface area contributed by atoms with Crippen LogP contribution < -0.4 is 5.32 Å². The lowest BCUT2D eigenvalue weighted by Gasteiger charge is -2.01. The zero-order valence-electron chi connectivity index (χ0n) is 10.4. The molecule has 0 aliphatic rings. The Morgan fingerprint density at radius 1 is 1.55 bits per heavy atom. The number of nitrogens with zero attached hydrogens (tertiary/aromatic N) is 3. The number of sulfone groups is 1. The summed E-state index contributed by atoms with van der Waals surface area (Å²) in [7, 11) is -3.37. The van der Waals surface area contributed by atoms with Crippen molar-refractivity contribution in [3.63, 3.8) is 0 Å². The Hall–Kier alpha value is -2.00. The van der Waals surface area contributed by atoms with Crippen LogP contribution in [0.1, 0.15) is 6.42 Å². The van der Waals surface area contributed by atoms with Crippen molar-refractivity contribution in [2.24, 2.45) is 0 Å². The van der Waals surface area contributed by atoms with Gasteiger partial charge in [0.15, 0.2) is 15.7 Å². The number of carbonyl (C=O) groups is 1. The molecule has 2 aromatic heterocycles. The molecule has 2 rings (SSSR count). The van der Waals surface area contributed by atoms with Crippen molar-refractivity contribution in [1.82, 2.24) is 14.8 Å². The van der Waals surface area contributed by atoms with Crippen molar-refractivity contribution in [1.29, 1.82) is 0 Å². The van der Waals surface area contributed by atoms with Crippen LogP contribution in [0.2, 0.25) is 0 Å². The largest absolute Gasteiger partial charge is 0.309 e. The second-order valence-electron chi connectivity index (χ2n) is 3.79. The van der Waals surface area contributed by atoms with Crippen molar-refractivity contribution in [2.45, 2.75) is 6.42 Å². The molecule has 0 unspecified atom stereocenters. The molecule has 0 aromatic carbocycles. The molecule has 0 spiro atoms. The Morgan fingerprint density at radius 2 is 2.35 bits per heavy atom. The van der Waals surface area contributed by atoms with Crippen LogP contribution in [0.5, 0.6) is 0 Å². The van der Waals surface area contributed by atoms with Gasteiger partial charge in [0, 0.05) is 35.7 Å².